The van der Waals surface area contributed by atoms with E-state index in [1.54, 1.807) is 6.20 Å². The zero-order valence-corrected chi connectivity index (χ0v) is 17.2. The van der Waals surface area contributed by atoms with Crippen molar-refractivity contribution in [3.8, 4) is 0 Å². The molecule has 0 spiro atoms. The summed E-state index contributed by atoms with van der Waals surface area (Å²) < 4.78 is 1.89. The predicted octanol–water partition coefficient (Wildman–Crippen LogP) is 3.27. The summed E-state index contributed by atoms with van der Waals surface area (Å²) in [6.07, 6.45) is 6.19. The second kappa shape index (κ2) is 7.28. The summed E-state index contributed by atoms with van der Waals surface area (Å²) >= 11 is 0. The first-order valence-corrected chi connectivity index (χ1v) is 9.58. The molecule has 4 rings (SSSR count). The van der Waals surface area contributed by atoms with Crippen LogP contribution < -0.4 is 10.2 Å². The first-order chi connectivity index (χ1) is 12.4. The normalized spacial score (nSPS) is 18.7. The number of benzene rings is 1. The number of carbonyl (C=O) groups excluding carboxylic acids is 1. The molecule has 3 heterocycles. The largest absolute Gasteiger partial charge is 0.317 e. The molecule has 0 radical (unpaired) electrons. The number of hydrogen-bond donors (Lipinski definition) is 1. The maximum Gasteiger partial charge on any atom is 0.255 e. The van der Waals surface area contributed by atoms with E-state index in [0.717, 1.165) is 44.6 Å². The molecule has 5 nitrogen and oxygen atoms in total. The number of nitrogens with one attached hydrogen (secondary N) is 1. The Kier molecular flexibility index (Phi) is 5.37. The number of anilines is 1. The lowest BCUT2D eigenvalue weighted by molar-refractivity contribution is -0.129. The number of fused-ring (bicyclic) bond motifs is 1. The van der Waals surface area contributed by atoms with E-state index in [-0.39, 0.29) is 23.7 Å². The van der Waals surface area contributed by atoms with Crippen molar-refractivity contribution < 1.29 is 4.79 Å². The molecular weight excluding hydrogens is 360 g/mol. The molecule has 27 heavy (non-hydrogen) atoms. The molecule has 1 saturated heterocycles. The lowest BCUT2D eigenvalue weighted by Crippen LogP contribution is -2.55. The van der Waals surface area contributed by atoms with Crippen molar-refractivity contribution in [3.63, 3.8) is 0 Å². The number of amides is 1. The summed E-state index contributed by atoms with van der Waals surface area (Å²) in [5, 5.41) is 7.83. The summed E-state index contributed by atoms with van der Waals surface area (Å²) in [5.74, 6) is 0.185. The van der Waals surface area contributed by atoms with Gasteiger partial charge in [-0.25, -0.2) is 0 Å². The van der Waals surface area contributed by atoms with Gasteiger partial charge in [-0.05, 0) is 61.0 Å². The van der Waals surface area contributed by atoms with Crippen LogP contribution >= 0.6 is 12.4 Å². The first-order valence-electron chi connectivity index (χ1n) is 9.58. The van der Waals surface area contributed by atoms with E-state index in [0.29, 0.717) is 0 Å². The van der Waals surface area contributed by atoms with Crippen molar-refractivity contribution in [2.24, 2.45) is 0 Å². The number of aromatic nitrogens is 2. The molecule has 0 atom stereocenters. The maximum absolute atomic E-state index is 13.7. The predicted molar refractivity (Wildman–Crippen MR) is 111 cm³/mol. The maximum atomic E-state index is 13.7. The molecule has 0 bridgehead atoms. The summed E-state index contributed by atoms with van der Waals surface area (Å²) in [6, 6.07) is 8.50. The Morgan fingerprint density at radius 2 is 1.96 bits per heavy atom. The standard InChI is InChI=1S/C21H28N4O.ClH/c1-20(2,3)17-5-6-18-16(15-17)7-14-24(18)19(26)21(8-11-22-12-9-21)25-13-4-10-23-25;/h4-6,10,13,15,22H,7-9,11-12,14H2,1-3H3;1H. The van der Waals surface area contributed by atoms with Crippen molar-refractivity contribution in [1.82, 2.24) is 15.1 Å². The molecule has 1 fully saturated rings. The smallest absolute Gasteiger partial charge is 0.255 e. The van der Waals surface area contributed by atoms with E-state index >= 15 is 0 Å². The van der Waals surface area contributed by atoms with Gasteiger partial charge in [0, 0.05) is 24.6 Å². The molecule has 6 heteroatoms. The molecule has 1 aromatic heterocycles. The fraction of sp³-hybridized carbons (Fsp3) is 0.524. The number of halogens is 1. The monoisotopic (exact) mass is 388 g/mol. The summed E-state index contributed by atoms with van der Waals surface area (Å²) in [5.41, 5.74) is 3.24. The molecule has 2 aromatic rings. The summed E-state index contributed by atoms with van der Waals surface area (Å²) in [4.78, 5) is 15.7. The van der Waals surface area contributed by atoms with E-state index in [1.807, 2.05) is 21.8 Å². The minimum atomic E-state index is -0.570. The van der Waals surface area contributed by atoms with E-state index in [2.05, 4.69) is 49.4 Å². The number of rotatable bonds is 2. The Labute approximate surface area is 167 Å². The van der Waals surface area contributed by atoms with Crippen LogP contribution in [0.3, 0.4) is 0 Å². The highest BCUT2D eigenvalue weighted by Gasteiger charge is 2.46. The average Bonchev–Trinajstić information content (AvgIpc) is 3.30. The molecule has 0 saturated carbocycles. The Morgan fingerprint density at radius 3 is 2.59 bits per heavy atom. The van der Waals surface area contributed by atoms with Gasteiger partial charge in [-0.15, -0.1) is 12.4 Å². The van der Waals surface area contributed by atoms with Crippen LogP contribution in [0.1, 0.15) is 44.7 Å². The van der Waals surface area contributed by atoms with E-state index in [9.17, 15) is 4.79 Å². The molecule has 2 aliphatic rings. The van der Waals surface area contributed by atoms with Crippen molar-refractivity contribution in [3.05, 3.63) is 47.8 Å². The van der Waals surface area contributed by atoms with Gasteiger partial charge < -0.3 is 10.2 Å². The lowest BCUT2D eigenvalue weighted by atomic mass is 9.85. The highest BCUT2D eigenvalue weighted by atomic mass is 35.5. The Hall–Kier alpha value is -1.85. The van der Waals surface area contributed by atoms with Crippen LogP contribution in [-0.4, -0.2) is 35.3 Å². The number of hydrogen-bond acceptors (Lipinski definition) is 3. The molecule has 1 amide bonds. The first kappa shape index (κ1) is 19.9. The third-order valence-corrected chi connectivity index (χ3v) is 5.86. The minimum Gasteiger partial charge on any atom is -0.317 e. The second-order valence-electron chi connectivity index (χ2n) is 8.53. The average molecular weight is 389 g/mol. The van der Waals surface area contributed by atoms with Crippen molar-refractivity contribution in [1.29, 1.82) is 0 Å². The quantitative estimate of drug-likeness (QED) is 0.858. The van der Waals surface area contributed by atoms with Gasteiger partial charge in [0.1, 0.15) is 5.54 Å². The Balaban J connectivity index is 0.00000210. The van der Waals surface area contributed by atoms with Gasteiger partial charge in [0.25, 0.3) is 5.91 Å². The van der Waals surface area contributed by atoms with E-state index < -0.39 is 5.54 Å². The second-order valence-corrected chi connectivity index (χ2v) is 8.53. The number of nitrogens with zero attached hydrogens (tertiary/aromatic N) is 3. The molecule has 0 aliphatic carbocycles. The highest BCUT2D eigenvalue weighted by molar-refractivity contribution is 6.00. The van der Waals surface area contributed by atoms with Crippen LogP contribution in [0.15, 0.2) is 36.7 Å². The van der Waals surface area contributed by atoms with Crippen molar-refractivity contribution >= 4 is 24.0 Å². The molecule has 1 N–H and O–H groups in total. The SMILES string of the molecule is CC(C)(C)c1ccc2c(c1)CCN2C(=O)C1(n2cccn2)CCNCC1.Cl. The molecule has 2 aliphatic heterocycles. The zero-order chi connectivity index (χ0) is 18.4. The molecule has 0 unspecified atom stereocenters. The van der Waals surface area contributed by atoms with Gasteiger partial charge in [-0.3, -0.25) is 9.48 Å². The van der Waals surface area contributed by atoms with Gasteiger partial charge in [-0.2, -0.15) is 5.10 Å². The molecule has 1 aromatic carbocycles. The van der Waals surface area contributed by atoms with Crippen LogP contribution in [0.4, 0.5) is 5.69 Å². The fourth-order valence-corrected chi connectivity index (χ4v) is 4.23. The van der Waals surface area contributed by atoms with Crippen LogP contribution in [0.2, 0.25) is 0 Å². The van der Waals surface area contributed by atoms with E-state index in [4.69, 9.17) is 0 Å². The van der Waals surface area contributed by atoms with Crippen molar-refractivity contribution in [2.75, 3.05) is 24.5 Å². The number of carbonyl (C=O) groups is 1. The van der Waals surface area contributed by atoms with Crippen LogP contribution in [0, 0.1) is 0 Å². The van der Waals surface area contributed by atoms with Crippen molar-refractivity contribution in [2.45, 2.75) is 51.0 Å². The van der Waals surface area contributed by atoms with Crippen LogP contribution in [0.25, 0.3) is 0 Å². The van der Waals surface area contributed by atoms with Gasteiger partial charge >= 0.3 is 0 Å². The summed E-state index contributed by atoms with van der Waals surface area (Å²) in [6.45, 7) is 9.14. The van der Waals surface area contributed by atoms with Gasteiger partial charge in [0.2, 0.25) is 0 Å². The van der Waals surface area contributed by atoms with Gasteiger partial charge in [-0.1, -0.05) is 32.9 Å². The van der Waals surface area contributed by atoms with Gasteiger partial charge in [0.15, 0.2) is 0 Å². The third-order valence-electron chi connectivity index (χ3n) is 5.86. The minimum absolute atomic E-state index is 0. The zero-order valence-electron chi connectivity index (χ0n) is 16.4. The Morgan fingerprint density at radius 1 is 1.22 bits per heavy atom. The van der Waals surface area contributed by atoms with E-state index in [1.165, 1.54) is 11.1 Å². The lowest BCUT2D eigenvalue weighted by Gasteiger charge is -2.39. The highest BCUT2D eigenvalue weighted by Crippen LogP contribution is 2.37. The van der Waals surface area contributed by atoms with Gasteiger partial charge in [0.05, 0.1) is 0 Å². The molecular formula is C21H29ClN4O. The molecule has 146 valence electrons. The number of piperidine rings is 1. The Bertz CT molecular complexity index is 804. The van der Waals surface area contributed by atoms with Crippen LogP contribution in [0.5, 0.6) is 0 Å². The summed E-state index contributed by atoms with van der Waals surface area (Å²) in [7, 11) is 0. The topological polar surface area (TPSA) is 50.2 Å². The van der Waals surface area contributed by atoms with Crippen LogP contribution in [-0.2, 0) is 22.2 Å². The third kappa shape index (κ3) is 3.39. The fourth-order valence-electron chi connectivity index (χ4n) is 4.23.